The van der Waals surface area contributed by atoms with Gasteiger partial charge in [-0.25, -0.2) is 0 Å². The molecule has 0 saturated carbocycles. The number of nitrogens with zero attached hydrogens (tertiary/aromatic N) is 2. The van der Waals surface area contributed by atoms with E-state index in [1.165, 1.54) is 0 Å². The molecule has 1 aromatic heterocycles. The Hall–Kier alpha value is 0.230. The van der Waals surface area contributed by atoms with Crippen LogP contribution >= 0.6 is 40.7 Å². The van der Waals surface area contributed by atoms with Gasteiger partial charge in [-0.15, -0.1) is 24.8 Å². The SMILES string of the molecule is Cl.Cl.NCCn1nccc1Br. The lowest BCUT2D eigenvalue weighted by Crippen LogP contribution is -2.10. The zero-order valence-electron chi connectivity index (χ0n) is 5.74. The molecular weight excluding hydrogens is 253 g/mol. The first kappa shape index (κ1) is 13.8. The van der Waals surface area contributed by atoms with E-state index in [0.29, 0.717) is 6.54 Å². The van der Waals surface area contributed by atoms with E-state index in [9.17, 15) is 0 Å². The van der Waals surface area contributed by atoms with Crippen LogP contribution < -0.4 is 5.73 Å². The maximum absolute atomic E-state index is 5.31. The number of hydrogen-bond acceptors (Lipinski definition) is 2. The maximum atomic E-state index is 5.31. The number of rotatable bonds is 2. The van der Waals surface area contributed by atoms with E-state index in [4.69, 9.17) is 5.73 Å². The van der Waals surface area contributed by atoms with E-state index >= 15 is 0 Å². The first-order valence-electron chi connectivity index (χ1n) is 2.72. The third-order valence-corrected chi connectivity index (χ3v) is 1.68. The van der Waals surface area contributed by atoms with Crippen LogP contribution in [0.1, 0.15) is 0 Å². The summed E-state index contributed by atoms with van der Waals surface area (Å²) in [6.45, 7) is 1.40. The average Bonchev–Trinajstić information content (AvgIpc) is 2.18. The van der Waals surface area contributed by atoms with Crippen LogP contribution in [0.25, 0.3) is 0 Å². The van der Waals surface area contributed by atoms with Crippen LogP contribution in [0.15, 0.2) is 16.9 Å². The van der Waals surface area contributed by atoms with Gasteiger partial charge in [0.25, 0.3) is 0 Å². The summed E-state index contributed by atoms with van der Waals surface area (Å²) in [7, 11) is 0. The Labute approximate surface area is 86.3 Å². The van der Waals surface area contributed by atoms with Gasteiger partial charge in [0.2, 0.25) is 0 Å². The summed E-state index contributed by atoms with van der Waals surface area (Å²) < 4.78 is 2.79. The van der Waals surface area contributed by atoms with E-state index in [1.807, 2.05) is 6.07 Å². The lowest BCUT2D eigenvalue weighted by molar-refractivity contribution is 0.612. The molecule has 0 aliphatic rings. The first-order chi connectivity index (χ1) is 4.34. The zero-order valence-corrected chi connectivity index (χ0v) is 8.95. The van der Waals surface area contributed by atoms with Gasteiger partial charge >= 0.3 is 0 Å². The van der Waals surface area contributed by atoms with Crippen molar-refractivity contribution in [1.82, 2.24) is 9.78 Å². The highest BCUT2D eigenvalue weighted by molar-refractivity contribution is 9.10. The molecule has 2 N–H and O–H groups in total. The van der Waals surface area contributed by atoms with Crippen molar-refractivity contribution < 1.29 is 0 Å². The summed E-state index contributed by atoms with van der Waals surface area (Å²) in [4.78, 5) is 0. The van der Waals surface area contributed by atoms with Gasteiger partial charge in [0.05, 0.1) is 12.7 Å². The average molecular weight is 263 g/mol. The molecule has 0 aliphatic carbocycles. The van der Waals surface area contributed by atoms with Crippen LogP contribution in [-0.4, -0.2) is 16.3 Å². The fourth-order valence-corrected chi connectivity index (χ4v) is 0.990. The fraction of sp³-hybridized carbons (Fsp3) is 0.400. The second-order valence-electron chi connectivity index (χ2n) is 1.67. The lowest BCUT2D eigenvalue weighted by atomic mass is 10.6. The van der Waals surface area contributed by atoms with E-state index in [0.717, 1.165) is 11.1 Å². The van der Waals surface area contributed by atoms with Crippen LogP contribution in [0.5, 0.6) is 0 Å². The molecule has 0 unspecified atom stereocenters. The second-order valence-corrected chi connectivity index (χ2v) is 2.48. The molecule has 6 heteroatoms. The molecule has 11 heavy (non-hydrogen) atoms. The van der Waals surface area contributed by atoms with Crippen molar-refractivity contribution in [3.63, 3.8) is 0 Å². The van der Waals surface area contributed by atoms with Crippen molar-refractivity contribution in [2.75, 3.05) is 6.54 Å². The van der Waals surface area contributed by atoms with Gasteiger partial charge in [-0.05, 0) is 22.0 Å². The predicted octanol–water partition coefficient (Wildman–Crippen LogP) is 1.45. The molecule has 0 saturated heterocycles. The van der Waals surface area contributed by atoms with Gasteiger partial charge in [0, 0.05) is 6.54 Å². The molecule has 0 bridgehead atoms. The Kier molecular flexibility index (Phi) is 8.67. The van der Waals surface area contributed by atoms with E-state index in [2.05, 4.69) is 21.0 Å². The monoisotopic (exact) mass is 261 g/mol. The van der Waals surface area contributed by atoms with Gasteiger partial charge in [-0.3, -0.25) is 4.68 Å². The zero-order chi connectivity index (χ0) is 6.69. The van der Waals surface area contributed by atoms with E-state index < -0.39 is 0 Å². The fourth-order valence-electron chi connectivity index (χ4n) is 0.603. The quantitative estimate of drug-likeness (QED) is 0.877. The van der Waals surface area contributed by atoms with Gasteiger partial charge in [0.1, 0.15) is 4.60 Å². The molecule has 0 amide bonds. The minimum Gasteiger partial charge on any atom is -0.329 e. The smallest absolute Gasteiger partial charge is 0.104 e. The van der Waals surface area contributed by atoms with Gasteiger partial charge in [-0.1, -0.05) is 0 Å². The molecule has 0 fully saturated rings. The molecule has 1 aromatic rings. The molecule has 3 nitrogen and oxygen atoms in total. The topological polar surface area (TPSA) is 43.8 Å². The van der Waals surface area contributed by atoms with Crippen molar-refractivity contribution in [3.05, 3.63) is 16.9 Å². The maximum Gasteiger partial charge on any atom is 0.104 e. The molecule has 0 radical (unpaired) electrons. The number of nitrogens with two attached hydrogens (primary N) is 1. The molecule has 0 aromatic carbocycles. The minimum atomic E-state index is 0. The van der Waals surface area contributed by atoms with Crippen molar-refractivity contribution >= 4 is 40.7 Å². The third-order valence-electron chi connectivity index (χ3n) is 1.01. The first-order valence-corrected chi connectivity index (χ1v) is 3.51. The second kappa shape index (κ2) is 6.91. The summed E-state index contributed by atoms with van der Waals surface area (Å²) in [5, 5.41) is 4.00. The van der Waals surface area contributed by atoms with Gasteiger partial charge in [-0.2, -0.15) is 5.10 Å². The van der Waals surface area contributed by atoms with Crippen LogP contribution in [0.3, 0.4) is 0 Å². The molecule has 66 valence electrons. The molecule has 0 aliphatic heterocycles. The van der Waals surface area contributed by atoms with Crippen LogP contribution in [0.4, 0.5) is 0 Å². The molecule has 0 spiro atoms. The highest BCUT2D eigenvalue weighted by Crippen LogP contribution is 2.05. The molecular formula is C5H10BrCl2N3. The van der Waals surface area contributed by atoms with Crippen molar-refractivity contribution in [1.29, 1.82) is 0 Å². The number of hydrogen-bond donors (Lipinski definition) is 1. The van der Waals surface area contributed by atoms with Gasteiger partial charge < -0.3 is 5.73 Å². The van der Waals surface area contributed by atoms with E-state index in [1.54, 1.807) is 10.9 Å². The highest BCUT2D eigenvalue weighted by atomic mass is 79.9. The molecule has 0 atom stereocenters. The molecule has 1 rings (SSSR count). The summed E-state index contributed by atoms with van der Waals surface area (Å²) in [6.07, 6.45) is 1.74. The Balaban J connectivity index is 0. The van der Waals surface area contributed by atoms with Crippen LogP contribution in [0.2, 0.25) is 0 Å². The van der Waals surface area contributed by atoms with Crippen LogP contribution in [-0.2, 0) is 6.54 Å². The largest absolute Gasteiger partial charge is 0.329 e. The Bertz CT molecular complexity index is 192. The lowest BCUT2D eigenvalue weighted by Gasteiger charge is -1.97. The normalized spacial score (nSPS) is 8.18. The summed E-state index contributed by atoms with van der Waals surface area (Å²) in [5.41, 5.74) is 5.31. The third kappa shape index (κ3) is 3.96. The summed E-state index contributed by atoms with van der Waals surface area (Å²) in [5.74, 6) is 0. The summed E-state index contributed by atoms with van der Waals surface area (Å²) in [6, 6.07) is 1.88. The standard InChI is InChI=1S/C5H8BrN3.2ClH/c6-5-1-3-8-9(5)4-2-7;;/h1,3H,2,4,7H2;2*1H. The Morgan fingerprint density at radius 2 is 2.18 bits per heavy atom. The van der Waals surface area contributed by atoms with Crippen molar-refractivity contribution in [2.45, 2.75) is 6.54 Å². The Morgan fingerprint density at radius 1 is 1.55 bits per heavy atom. The Morgan fingerprint density at radius 3 is 2.55 bits per heavy atom. The number of aromatic nitrogens is 2. The highest BCUT2D eigenvalue weighted by Gasteiger charge is 1.93. The van der Waals surface area contributed by atoms with Gasteiger partial charge in [0.15, 0.2) is 0 Å². The van der Waals surface area contributed by atoms with Crippen molar-refractivity contribution in [3.8, 4) is 0 Å². The predicted molar refractivity (Wildman–Crippen MR) is 53.5 cm³/mol. The van der Waals surface area contributed by atoms with Crippen molar-refractivity contribution in [2.24, 2.45) is 5.73 Å². The minimum absolute atomic E-state index is 0. The molecule has 1 heterocycles. The van der Waals surface area contributed by atoms with Crippen LogP contribution in [0, 0.1) is 0 Å². The number of halogens is 3. The summed E-state index contributed by atoms with van der Waals surface area (Å²) >= 11 is 3.31. The van der Waals surface area contributed by atoms with E-state index in [-0.39, 0.29) is 24.8 Å².